The average Bonchev–Trinajstić information content (AvgIpc) is 3.00. The topological polar surface area (TPSA) is 60.9 Å². The molecule has 2 unspecified atom stereocenters. The van der Waals surface area contributed by atoms with Gasteiger partial charge in [-0.05, 0) is 36.5 Å². The van der Waals surface area contributed by atoms with Gasteiger partial charge in [-0.15, -0.1) is 0 Å². The highest BCUT2D eigenvalue weighted by molar-refractivity contribution is 7.89. The van der Waals surface area contributed by atoms with Crippen molar-refractivity contribution in [3.63, 3.8) is 0 Å². The monoisotopic (exact) mass is 310 g/mol. The van der Waals surface area contributed by atoms with Crippen LogP contribution in [0.25, 0.3) is 0 Å². The molecule has 2 heterocycles. The number of fused-ring (bicyclic) bond motifs is 1. The average molecular weight is 310 g/mol. The summed E-state index contributed by atoms with van der Waals surface area (Å²) in [6, 6.07) is 7.30. The Morgan fingerprint density at radius 3 is 2.19 bits per heavy atom. The van der Waals surface area contributed by atoms with E-state index in [1.165, 1.54) is 5.56 Å². The van der Waals surface area contributed by atoms with Gasteiger partial charge in [0.15, 0.2) is 0 Å². The lowest BCUT2D eigenvalue weighted by Gasteiger charge is -2.21. The first-order valence-electron chi connectivity index (χ1n) is 7.46. The summed E-state index contributed by atoms with van der Waals surface area (Å²) in [7, 11) is -3.03. The Morgan fingerprint density at radius 1 is 1.10 bits per heavy atom. The number of rotatable bonds is 4. The molecule has 3 rings (SSSR count). The Balaban J connectivity index is 1.58. The van der Waals surface area contributed by atoms with Crippen molar-refractivity contribution in [2.75, 3.05) is 31.9 Å². The molecule has 5 nitrogen and oxygen atoms in total. The van der Waals surface area contributed by atoms with Gasteiger partial charge >= 0.3 is 0 Å². The zero-order valence-corrected chi connectivity index (χ0v) is 13.1. The SMILES string of the molecule is CCS(=O)(=O)N1CC2CN(Cc3ccc(O)cc3)CC2C1. The molecule has 116 valence electrons. The second-order valence-electron chi connectivity index (χ2n) is 6.10. The number of likely N-dealkylation sites (tertiary alicyclic amines) is 1. The molecule has 1 aromatic rings. The second kappa shape index (κ2) is 5.59. The van der Waals surface area contributed by atoms with E-state index in [4.69, 9.17) is 0 Å². The first-order valence-corrected chi connectivity index (χ1v) is 9.07. The van der Waals surface area contributed by atoms with Crippen LogP contribution in [0.1, 0.15) is 12.5 Å². The Hall–Kier alpha value is -1.11. The molecule has 1 N–H and O–H groups in total. The van der Waals surface area contributed by atoms with Crippen molar-refractivity contribution in [1.29, 1.82) is 0 Å². The molecule has 0 bridgehead atoms. The van der Waals surface area contributed by atoms with Crippen LogP contribution >= 0.6 is 0 Å². The van der Waals surface area contributed by atoms with Crippen molar-refractivity contribution in [2.24, 2.45) is 11.8 Å². The summed E-state index contributed by atoms with van der Waals surface area (Å²) < 4.78 is 25.5. The van der Waals surface area contributed by atoms with Crippen molar-refractivity contribution >= 4 is 10.0 Å². The van der Waals surface area contributed by atoms with E-state index < -0.39 is 10.0 Å². The molecule has 2 aliphatic rings. The van der Waals surface area contributed by atoms with Gasteiger partial charge in [0, 0.05) is 32.7 Å². The summed E-state index contributed by atoms with van der Waals surface area (Å²) in [4.78, 5) is 2.39. The number of hydrogen-bond donors (Lipinski definition) is 1. The maximum atomic E-state index is 11.9. The van der Waals surface area contributed by atoms with Gasteiger partial charge in [-0.25, -0.2) is 12.7 Å². The molecule has 2 saturated heterocycles. The summed E-state index contributed by atoms with van der Waals surface area (Å²) in [5.74, 6) is 1.41. The minimum atomic E-state index is -3.03. The minimum Gasteiger partial charge on any atom is -0.508 e. The van der Waals surface area contributed by atoms with Crippen LogP contribution in [0.5, 0.6) is 5.75 Å². The molecule has 0 radical (unpaired) electrons. The third-order valence-electron chi connectivity index (χ3n) is 4.63. The molecule has 2 aliphatic heterocycles. The molecule has 1 aromatic carbocycles. The highest BCUT2D eigenvalue weighted by Gasteiger charge is 2.43. The molecular formula is C15H22N2O3S. The lowest BCUT2D eigenvalue weighted by atomic mass is 10.0. The summed E-state index contributed by atoms with van der Waals surface area (Å²) in [6.07, 6.45) is 0. The standard InChI is InChI=1S/C15H22N2O3S/c1-2-21(19,20)17-10-13-8-16(9-14(13)11-17)7-12-3-5-15(18)6-4-12/h3-6,13-14,18H,2,7-11H2,1H3. The van der Waals surface area contributed by atoms with Crippen molar-refractivity contribution in [3.05, 3.63) is 29.8 Å². The van der Waals surface area contributed by atoms with Crippen LogP contribution in [0, 0.1) is 11.8 Å². The van der Waals surface area contributed by atoms with Crippen LogP contribution in [0.4, 0.5) is 0 Å². The maximum absolute atomic E-state index is 11.9. The van der Waals surface area contributed by atoms with Crippen molar-refractivity contribution in [3.8, 4) is 5.75 Å². The Bertz CT molecular complexity index is 586. The Kier molecular flexibility index (Phi) is 3.94. The van der Waals surface area contributed by atoms with E-state index in [-0.39, 0.29) is 11.5 Å². The predicted octanol–water partition coefficient (Wildman–Crippen LogP) is 1.11. The van der Waals surface area contributed by atoms with Crippen LogP contribution < -0.4 is 0 Å². The number of nitrogens with zero attached hydrogens (tertiary/aromatic N) is 2. The van der Waals surface area contributed by atoms with Crippen LogP contribution in [0.2, 0.25) is 0 Å². The summed E-state index contributed by atoms with van der Waals surface area (Å²) in [6.45, 7) is 5.84. The van der Waals surface area contributed by atoms with Crippen LogP contribution in [0.15, 0.2) is 24.3 Å². The first kappa shape index (κ1) is 14.8. The summed E-state index contributed by atoms with van der Waals surface area (Å²) in [5.41, 5.74) is 1.19. The van der Waals surface area contributed by atoms with Gasteiger partial charge in [0.05, 0.1) is 5.75 Å². The molecule has 0 amide bonds. The van der Waals surface area contributed by atoms with Gasteiger partial charge in [-0.2, -0.15) is 0 Å². The number of benzene rings is 1. The van der Waals surface area contributed by atoms with Crippen molar-refractivity contribution < 1.29 is 13.5 Å². The van der Waals surface area contributed by atoms with E-state index in [9.17, 15) is 13.5 Å². The third kappa shape index (κ3) is 3.07. The van der Waals surface area contributed by atoms with Gasteiger partial charge in [0.25, 0.3) is 0 Å². The smallest absolute Gasteiger partial charge is 0.213 e. The second-order valence-corrected chi connectivity index (χ2v) is 8.36. The maximum Gasteiger partial charge on any atom is 0.213 e. The van der Waals surface area contributed by atoms with Gasteiger partial charge in [-0.3, -0.25) is 4.90 Å². The number of sulfonamides is 1. The quantitative estimate of drug-likeness (QED) is 0.905. The Labute approximate surface area is 126 Å². The molecular weight excluding hydrogens is 288 g/mol. The molecule has 2 atom stereocenters. The number of hydrogen-bond acceptors (Lipinski definition) is 4. The van der Waals surface area contributed by atoms with Gasteiger partial charge in [0.2, 0.25) is 10.0 Å². The van der Waals surface area contributed by atoms with Crippen LogP contribution in [-0.4, -0.2) is 54.7 Å². The van der Waals surface area contributed by atoms with Gasteiger partial charge in [0.1, 0.15) is 5.75 Å². The van der Waals surface area contributed by atoms with Gasteiger partial charge in [-0.1, -0.05) is 12.1 Å². The normalized spacial score (nSPS) is 27.1. The number of phenolic OH excluding ortho intramolecular Hbond substituents is 1. The third-order valence-corrected chi connectivity index (χ3v) is 6.44. The zero-order valence-electron chi connectivity index (χ0n) is 12.3. The summed E-state index contributed by atoms with van der Waals surface area (Å²) >= 11 is 0. The largest absolute Gasteiger partial charge is 0.508 e. The molecule has 2 fully saturated rings. The van der Waals surface area contributed by atoms with E-state index in [0.717, 1.165) is 19.6 Å². The highest BCUT2D eigenvalue weighted by Crippen LogP contribution is 2.33. The number of phenols is 1. The van der Waals surface area contributed by atoms with Gasteiger partial charge < -0.3 is 5.11 Å². The van der Waals surface area contributed by atoms with Crippen LogP contribution in [-0.2, 0) is 16.6 Å². The van der Waals surface area contributed by atoms with E-state index in [0.29, 0.717) is 24.9 Å². The molecule has 6 heteroatoms. The first-order chi connectivity index (χ1) is 9.98. The lowest BCUT2D eigenvalue weighted by molar-refractivity contribution is 0.289. The molecule has 0 aliphatic carbocycles. The number of aromatic hydroxyl groups is 1. The predicted molar refractivity (Wildman–Crippen MR) is 81.4 cm³/mol. The summed E-state index contributed by atoms with van der Waals surface area (Å²) in [5, 5.41) is 9.30. The van der Waals surface area contributed by atoms with E-state index in [2.05, 4.69) is 4.90 Å². The fourth-order valence-corrected chi connectivity index (χ4v) is 4.65. The van der Waals surface area contributed by atoms with E-state index in [1.807, 2.05) is 12.1 Å². The van der Waals surface area contributed by atoms with E-state index in [1.54, 1.807) is 23.4 Å². The molecule has 0 saturated carbocycles. The molecule has 0 spiro atoms. The Morgan fingerprint density at radius 2 is 1.67 bits per heavy atom. The van der Waals surface area contributed by atoms with Crippen LogP contribution in [0.3, 0.4) is 0 Å². The highest BCUT2D eigenvalue weighted by atomic mass is 32.2. The zero-order chi connectivity index (χ0) is 15.0. The fraction of sp³-hybridized carbons (Fsp3) is 0.600. The van der Waals surface area contributed by atoms with E-state index >= 15 is 0 Å². The van der Waals surface area contributed by atoms with Crippen molar-refractivity contribution in [2.45, 2.75) is 13.5 Å². The molecule has 21 heavy (non-hydrogen) atoms. The minimum absolute atomic E-state index is 0.198. The van der Waals surface area contributed by atoms with Crippen molar-refractivity contribution in [1.82, 2.24) is 9.21 Å². The molecule has 0 aromatic heterocycles. The fourth-order valence-electron chi connectivity index (χ4n) is 3.45. The lowest BCUT2D eigenvalue weighted by Crippen LogP contribution is -2.34.